The van der Waals surface area contributed by atoms with Gasteiger partial charge >= 0.3 is 0 Å². The van der Waals surface area contributed by atoms with Crippen LogP contribution in [0.5, 0.6) is 0 Å². The molecule has 0 heterocycles. The summed E-state index contributed by atoms with van der Waals surface area (Å²) in [6, 6.07) is 7.40. The predicted octanol–water partition coefficient (Wildman–Crippen LogP) is 1.18. The molecular formula is C9H13ClN4. The van der Waals surface area contributed by atoms with Crippen LogP contribution >= 0.6 is 11.6 Å². The van der Waals surface area contributed by atoms with Gasteiger partial charge in [0.2, 0.25) is 5.96 Å². The van der Waals surface area contributed by atoms with Gasteiger partial charge in [0.1, 0.15) is 0 Å². The van der Waals surface area contributed by atoms with Crippen LogP contribution in [-0.2, 0) is 0 Å². The van der Waals surface area contributed by atoms with Crippen molar-refractivity contribution in [3.05, 3.63) is 34.9 Å². The summed E-state index contributed by atoms with van der Waals surface area (Å²) >= 11 is 5.84. The number of aliphatic imine (C=N–C) groups is 1. The smallest absolute Gasteiger partial charge is 0.203 e. The second-order valence-electron chi connectivity index (χ2n) is 2.89. The first-order valence-corrected chi connectivity index (χ1v) is 4.56. The Morgan fingerprint density at radius 3 is 2.86 bits per heavy atom. The Kier molecular flexibility index (Phi) is 3.73. The molecule has 0 radical (unpaired) electrons. The molecule has 0 fully saturated rings. The van der Waals surface area contributed by atoms with Crippen LogP contribution in [0.3, 0.4) is 0 Å². The number of nitrogens with zero attached hydrogens (tertiary/aromatic N) is 1. The number of halogens is 1. The molecule has 5 heteroatoms. The highest BCUT2D eigenvalue weighted by atomic mass is 35.5. The van der Waals surface area contributed by atoms with E-state index in [1.807, 2.05) is 31.2 Å². The summed E-state index contributed by atoms with van der Waals surface area (Å²) in [6.45, 7) is 1.91. The van der Waals surface area contributed by atoms with E-state index >= 15 is 0 Å². The van der Waals surface area contributed by atoms with E-state index in [2.05, 4.69) is 10.4 Å². The molecule has 0 amide bonds. The van der Waals surface area contributed by atoms with Crippen molar-refractivity contribution in [1.82, 2.24) is 5.43 Å². The molecule has 1 aromatic rings. The summed E-state index contributed by atoms with van der Waals surface area (Å²) in [7, 11) is 0. The molecule has 0 spiro atoms. The average molecular weight is 213 g/mol. The Bertz CT molecular complexity index is 337. The van der Waals surface area contributed by atoms with Crippen molar-refractivity contribution < 1.29 is 0 Å². The molecule has 1 atom stereocenters. The number of benzene rings is 1. The highest BCUT2D eigenvalue weighted by Crippen LogP contribution is 2.19. The molecule has 0 saturated carbocycles. The quantitative estimate of drug-likeness (QED) is 0.298. The summed E-state index contributed by atoms with van der Waals surface area (Å²) in [4.78, 5) is 4.11. The van der Waals surface area contributed by atoms with Crippen LogP contribution in [0, 0.1) is 0 Å². The van der Waals surface area contributed by atoms with E-state index in [0.29, 0.717) is 5.02 Å². The van der Waals surface area contributed by atoms with Crippen LogP contribution in [-0.4, -0.2) is 5.96 Å². The molecule has 76 valence electrons. The van der Waals surface area contributed by atoms with E-state index in [-0.39, 0.29) is 12.0 Å². The molecule has 14 heavy (non-hydrogen) atoms. The summed E-state index contributed by atoms with van der Waals surface area (Å²) in [5.74, 6) is 5.30. The normalized spacial score (nSPS) is 13.8. The third-order valence-electron chi connectivity index (χ3n) is 1.81. The molecule has 1 aromatic carbocycles. The number of hydrogen-bond acceptors (Lipinski definition) is 2. The van der Waals surface area contributed by atoms with E-state index < -0.39 is 0 Å². The highest BCUT2D eigenvalue weighted by molar-refractivity contribution is 6.30. The second-order valence-corrected chi connectivity index (χ2v) is 3.33. The molecule has 0 saturated heterocycles. The van der Waals surface area contributed by atoms with Gasteiger partial charge in [0.25, 0.3) is 0 Å². The topological polar surface area (TPSA) is 76.4 Å². The standard InChI is InChI=1S/C9H13ClN4/c1-6(13-9(11)14-12)7-3-2-4-8(10)5-7/h2-6H,12H2,1H3,(H3,11,13,14). The van der Waals surface area contributed by atoms with E-state index in [9.17, 15) is 0 Å². The fourth-order valence-corrected chi connectivity index (χ4v) is 1.29. The Hall–Kier alpha value is -1.26. The first-order valence-electron chi connectivity index (χ1n) is 4.19. The summed E-state index contributed by atoms with van der Waals surface area (Å²) in [6.07, 6.45) is 0. The summed E-state index contributed by atoms with van der Waals surface area (Å²) in [5.41, 5.74) is 8.70. The van der Waals surface area contributed by atoms with Gasteiger partial charge in [-0.25, -0.2) is 10.8 Å². The fraction of sp³-hybridized carbons (Fsp3) is 0.222. The van der Waals surface area contributed by atoms with Gasteiger partial charge in [-0.3, -0.25) is 5.43 Å². The zero-order valence-electron chi connectivity index (χ0n) is 7.87. The Morgan fingerprint density at radius 2 is 2.29 bits per heavy atom. The van der Waals surface area contributed by atoms with E-state index in [4.69, 9.17) is 23.2 Å². The molecule has 4 nitrogen and oxygen atoms in total. The predicted molar refractivity (Wildman–Crippen MR) is 58.8 cm³/mol. The maximum atomic E-state index is 5.84. The molecule has 0 aliphatic rings. The lowest BCUT2D eigenvalue weighted by Crippen LogP contribution is -2.37. The van der Waals surface area contributed by atoms with E-state index in [1.165, 1.54) is 0 Å². The minimum absolute atomic E-state index is 0.0650. The number of hydrazine groups is 1. The maximum Gasteiger partial charge on any atom is 0.203 e. The van der Waals surface area contributed by atoms with Gasteiger partial charge in [0, 0.05) is 5.02 Å². The van der Waals surface area contributed by atoms with Gasteiger partial charge in [-0.2, -0.15) is 0 Å². The zero-order chi connectivity index (χ0) is 10.6. The van der Waals surface area contributed by atoms with Crippen molar-refractivity contribution in [2.24, 2.45) is 16.6 Å². The fourth-order valence-electron chi connectivity index (χ4n) is 1.09. The third-order valence-corrected chi connectivity index (χ3v) is 2.05. The van der Waals surface area contributed by atoms with Gasteiger partial charge in [-0.15, -0.1) is 0 Å². The number of guanidine groups is 1. The molecule has 1 rings (SSSR count). The first kappa shape index (κ1) is 10.8. The zero-order valence-corrected chi connectivity index (χ0v) is 8.62. The molecule has 0 aliphatic carbocycles. The SMILES string of the molecule is CC(N=C(N)NN)c1cccc(Cl)c1. The lowest BCUT2D eigenvalue weighted by molar-refractivity contribution is 0.801. The van der Waals surface area contributed by atoms with Crippen LogP contribution in [0.15, 0.2) is 29.3 Å². The lowest BCUT2D eigenvalue weighted by atomic mass is 10.1. The Balaban J connectivity index is 2.84. The molecule has 5 N–H and O–H groups in total. The van der Waals surface area contributed by atoms with E-state index in [0.717, 1.165) is 5.56 Å². The Labute approximate surface area is 87.9 Å². The molecule has 1 unspecified atom stereocenters. The minimum atomic E-state index is -0.0650. The van der Waals surface area contributed by atoms with Crippen LogP contribution in [0.25, 0.3) is 0 Å². The van der Waals surface area contributed by atoms with Gasteiger partial charge in [0.15, 0.2) is 0 Å². The van der Waals surface area contributed by atoms with Crippen LogP contribution in [0.4, 0.5) is 0 Å². The van der Waals surface area contributed by atoms with Crippen molar-refractivity contribution in [2.75, 3.05) is 0 Å². The monoisotopic (exact) mass is 212 g/mol. The van der Waals surface area contributed by atoms with Gasteiger partial charge < -0.3 is 5.73 Å². The minimum Gasteiger partial charge on any atom is -0.369 e. The first-order chi connectivity index (χ1) is 6.63. The van der Waals surface area contributed by atoms with Crippen LogP contribution in [0.1, 0.15) is 18.5 Å². The van der Waals surface area contributed by atoms with Gasteiger partial charge in [0.05, 0.1) is 6.04 Å². The number of hydrogen-bond donors (Lipinski definition) is 3. The van der Waals surface area contributed by atoms with Crippen LogP contribution in [0.2, 0.25) is 5.02 Å². The molecular weight excluding hydrogens is 200 g/mol. The average Bonchev–Trinajstić information content (AvgIpc) is 2.17. The van der Waals surface area contributed by atoms with Crippen molar-refractivity contribution in [2.45, 2.75) is 13.0 Å². The Morgan fingerprint density at radius 1 is 1.57 bits per heavy atom. The molecule has 0 aliphatic heterocycles. The highest BCUT2D eigenvalue weighted by Gasteiger charge is 2.03. The van der Waals surface area contributed by atoms with Crippen LogP contribution < -0.4 is 17.0 Å². The van der Waals surface area contributed by atoms with Crippen molar-refractivity contribution in [3.8, 4) is 0 Å². The lowest BCUT2D eigenvalue weighted by Gasteiger charge is -2.08. The summed E-state index contributed by atoms with van der Waals surface area (Å²) < 4.78 is 0. The number of nitrogens with one attached hydrogen (secondary N) is 1. The maximum absolute atomic E-state index is 5.84. The van der Waals surface area contributed by atoms with Gasteiger partial charge in [-0.05, 0) is 24.6 Å². The van der Waals surface area contributed by atoms with Crippen molar-refractivity contribution in [3.63, 3.8) is 0 Å². The van der Waals surface area contributed by atoms with Gasteiger partial charge in [-0.1, -0.05) is 23.7 Å². The summed E-state index contributed by atoms with van der Waals surface area (Å²) in [5, 5.41) is 0.684. The number of rotatable bonds is 2. The second kappa shape index (κ2) is 4.83. The van der Waals surface area contributed by atoms with Crippen molar-refractivity contribution in [1.29, 1.82) is 0 Å². The number of nitrogens with two attached hydrogens (primary N) is 2. The molecule has 0 aromatic heterocycles. The third kappa shape index (κ3) is 2.90. The van der Waals surface area contributed by atoms with E-state index in [1.54, 1.807) is 0 Å². The molecule has 0 bridgehead atoms. The largest absolute Gasteiger partial charge is 0.369 e. The van der Waals surface area contributed by atoms with Crippen molar-refractivity contribution >= 4 is 17.6 Å².